The van der Waals surface area contributed by atoms with Crippen LogP contribution < -0.4 is 0 Å². The average Bonchev–Trinajstić information content (AvgIpc) is 2.69. The molecule has 0 spiro atoms. The van der Waals surface area contributed by atoms with Crippen LogP contribution in [-0.2, 0) is 0 Å². The number of hydrogen-bond acceptors (Lipinski definition) is 3. The van der Waals surface area contributed by atoms with Crippen molar-refractivity contribution in [3.63, 3.8) is 0 Å². The molecule has 0 N–H and O–H groups in total. The summed E-state index contributed by atoms with van der Waals surface area (Å²) in [5, 5.41) is 0.252. The molecule has 0 bridgehead atoms. The lowest BCUT2D eigenvalue weighted by molar-refractivity contribution is 0.887. The number of nitrogens with zero attached hydrogens (tertiary/aromatic N) is 3. The normalized spacial score (nSPS) is 30.1. The van der Waals surface area contributed by atoms with E-state index in [1.165, 1.54) is 12.7 Å². The third kappa shape index (κ3) is 0.968. The fourth-order valence-electron chi connectivity index (χ4n) is 0.871. The standard InChI is InChI=1S/C6H6ClN3/c7-5-1-4(5)6-9-2-8-3-10-6/h2-5H,1H2. The van der Waals surface area contributed by atoms with Gasteiger partial charge in [-0.05, 0) is 6.42 Å². The fourth-order valence-corrected chi connectivity index (χ4v) is 1.18. The summed E-state index contributed by atoms with van der Waals surface area (Å²) in [7, 11) is 0. The van der Waals surface area contributed by atoms with E-state index in [4.69, 9.17) is 11.6 Å². The topological polar surface area (TPSA) is 38.7 Å². The number of hydrogen-bond donors (Lipinski definition) is 0. The Hall–Kier alpha value is -0.700. The number of aromatic nitrogens is 3. The molecular formula is C6H6ClN3. The summed E-state index contributed by atoms with van der Waals surface area (Å²) in [6, 6.07) is 0. The van der Waals surface area contributed by atoms with E-state index in [0.29, 0.717) is 5.92 Å². The molecule has 52 valence electrons. The van der Waals surface area contributed by atoms with Gasteiger partial charge < -0.3 is 0 Å². The number of rotatable bonds is 1. The van der Waals surface area contributed by atoms with E-state index in [9.17, 15) is 0 Å². The molecule has 1 aromatic rings. The highest BCUT2D eigenvalue weighted by molar-refractivity contribution is 6.23. The highest BCUT2D eigenvalue weighted by Crippen LogP contribution is 2.43. The smallest absolute Gasteiger partial charge is 0.136 e. The summed E-state index contributed by atoms with van der Waals surface area (Å²) in [5.74, 6) is 1.21. The fraction of sp³-hybridized carbons (Fsp3) is 0.500. The van der Waals surface area contributed by atoms with Crippen LogP contribution in [-0.4, -0.2) is 20.3 Å². The van der Waals surface area contributed by atoms with Crippen LogP contribution in [0, 0.1) is 0 Å². The van der Waals surface area contributed by atoms with Crippen molar-refractivity contribution in [1.29, 1.82) is 0 Å². The Kier molecular flexibility index (Phi) is 1.31. The van der Waals surface area contributed by atoms with E-state index in [2.05, 4.69) is 15.0 Å². The van der Waals surface area contributed by atoms with Gasteiger partial charge in [0.1, 0.15) is 18.5 Å². The SMILES string of the molecule is ClC1CC1c1ncncn1. The monoisotopic (exact) mass is 155 g/mol. The van der Waals surface area contributed by atoms with Gasteiger partial charge in [0, 0.05) is 11.3 Å². The van der Waals surface area contributed by atoms with Crippen molar-refractivity contribution in [2.75, 3.05) is 0 Å². The maximum absolute atomic E-state index is 5.79. The van der Waals surface area contributed by atoms with E-state index in [1.807, 2.05) is 0 Å². The number of halogens is 1. The van der Waals surface area contributed by atoms with Gasteiger partial charge in [-0.25, -0.2) is 15.0 Å². The summed E-state index contributed by atoms with van der Waals surface area (Å²) < 4.78 is 0. The quantitative estimate of drug-likeness (QED) is 0.568. The summed E-state index contributed by atoms with van der Waals surface area (Å²) in [6.45, 7) is 0. The van der Waals surface area contributed by atoms with E-state index in [1.54, 1.807) is 0 Å². The Bertz CT molecular complexity index is 226. The van der Waals surface area contributed by atoms with E-state index in [-0.39, 0.29) is 5.38 Å². The highest BCUT2D eigenvalue weighted by Gasteiger charge is 2.38. The molecule has 0 aliphatic heterocycles. The van der Waals surface area contributed by atoms with E-state index >= 15 is 0 Å². The Morgan fingerprint density at radius 3 is 2.50 bits per heavy atom. The predicted molar refractivity (Wildman–Crippen MR) is 36.8 cm³/mol. The molecule has 1 aliphatic rings. The van der Waals surface area contributed by atoms with Gasteiger partial charge in [0.2, 0.25) is 0 Å². The van der Waals surface area contributed by atoms with Crippen LogP contribution in [0.3, 0.4) is 0 Å². The minimum absolute atomic E-state index is 0.252. The first-order chi connectivity index (χ1) is 4.88. The van der Waals surface area contributed by atoms with Gasteiger partial charge in [0.15, 0.2) is 0 Å². The van der Waals surface area contributed by atoms with Crippen molar-refractivity contribution in [1.82, 2.24) is 15.0 Å². The van der Waals surface area contributed by atoms with Crippen molar-refractivity contribution < 1.29 is 0 Å². The van der Waals surface area contributed by atoms with Crippen LogP contribution in [0.4, 0.5) is 0 Å². The molecule has 0 radical (unpaired) electrons. The molecule has 1 heterocycles. The molecule has 4 heteroatoms. The molecule has 0 aromatic carbocycles. The van der Waals surface area contributed by atoms with Crippen LogP contribution in [0.2, 0.25) is 0 Å². The van der Waals surface area contributed by atoms with Gasteiger partial charge in [-0.2, -0.15) is 0 Å². The average molecular weight is 156 g/mol. The zero-order valence-corrected chi connectivity index (χ0v) is 5.99. The first kappa shape index (κ1) is 6.04. The van der Waals surface area contributed by atoms with Crippen LogP contribution in [0.5, 0.6) is 0 Å². The van der Waals surface area contributed by atoms with E-state index in [0.717, 1.165) is 12.2 Å². The van der Waals surface area contributed by atoms with Gasteiger partial charge >= 0.3 is 0 Å². The second-order valence-corrected chi connectivity index (χ2v) is 2.92. The molecule has 2 rings (SSSR count). The van der Waals surface area contributed by atoms with Crippen molar-refractivity contribution in [2.24, 2.45) is 0 Å². The number of alkyl halides is 1. The zero-order chi connectivity index (χ0) is 6.97. The minimum Gasteiger partial charge on any atom is -0.225 e. The third-order valence-electron chi connectivity index (χ3n) is 1.56. The summed E-state index contributed by atoms with van der Waals surface area (Å²) in [6.07, 6.45) is 4.01. The van der Waals surface area contributed by atoms with E-state index < -0.39 is 0 Å². The molecule has 2 unspecified atom stereocenters. The summed E-state index contributed by atoms with van der Waals surface area (Å²) in [4.78, 5) is 11.7. The van der Waals surface area contributed by atoms with Crippen LogP contribution in [0.1, 0.15) is 18.2 Å². The van der Waals surface area contributed by atoms with Gasteiger partial charge in [-0.15, -0.1) is 11.6 Å². The Labute approximate surface area is 63.5 Å². The highest BCUT2D eigenvalue weighted by atomic mass is 35.5. The second-order valence-electron chi connectivity index (χ2n) is 2.35. The van der Waals surface area contributed by atoms with Crippen LogP contribution >= 0.6 is 11.6 Å². The predicted octanol–water partition coefficient (Wildman–Crippen LogP) is 0.966. The lowest BCUT2D eigenvalue weighted by Gasteiger charge is -1.90. The minimum atomic E-state index is 0.252. The molecule has 10 heavy (non-hydrogen) atoms. The molecule has 1 aliphatic carbocycles. The molecule has 3 nitrogen and oxygen atoms in total. The Morgan fingerprint density at radius 2 is 2.00 bits per heavy atom. The van der Waals surface area contributed by atoms with Gasteiger partial charge in [-0.3, -0.25) is 0 Å². The molecule has 1 aromatic heterocycles. The van der Waals surface area contributed by atoms with Crippen LogP contribution in [0.15, 0.2) is 12.7 Å². The van der Waals surface area contributed by atoms with Gasteiger partial charge in [0.05, 0.1) is 0 Å². The Balaban J connectivity index is 2.20. The molecule has 2 atom stereocenters. The first-order valence-corrected chi connectivity index (χ1v) is 3.57. The second kappa shape index (κ2) is 2.16. The largest absolute Gasteiger partial charge is 0.225 e. The molecule has 1 saturated carbocycles. The molecule has 1 fully saturated rings. The van der Waals surface area contributed by atoms with Crippen LogP contribution in [0.25, 0.3) is 0 Å². The maximum Gasteiger partial charge on any atom is 0.136 e. The van der Waals surface area contributed by atoms with Gasteiger partial charge in [0.25, 0.3) is 0 Å². The lowest BCUT2D eigenvalue weighted by Crippen LogP contribution is -1.92. The third-order valence-corrected chi connectivity index (χ3v) is 2.04. The van der Waals surface area contributed by atoms with Gasteiger partial charge in [-0.1, -0.05) is 0 Å². The van der Waals surface area contributed by atoms with Crippen molar-refractivity contribution in [3.05, 3.63) is 18.5 Å². The molecular weight excluding hydrogens is 150 g/mol. The molecule has 0 saturated heterocycles. The summed E-state index contributed by atoms with van der Waals surface area (Å²) in [5.41, 5.74) is 0. The van der Waals surface area contributed by atoms with Crippen molar-refractivity contribution in [3.8, 4) is 0 Å². The lowest BCUT2D eigenvalue weighted by atomic mass is 10.4. The molecule has 0 amide bonds. The summed E-state index contributed by atoms with van der Waals surface area (Å²) >= 11 is 5.79. The Morgan fingerprint density at radius 1 is 1.40 bits per heavy atom. The van der Waals surface area contributed by atoms with Crippen molar-refractivity contribution in [2.45, 2.75) is 17.7 Å². The first-order valence-electron chi connectivity index (χ1n) is 3.14. The maximum atomic E-state index is 5.79. The zero-order valence-electron chi connectivity index (χ0n) is 5.24. The van der Waals surface area contributed by atoms with Crippen molar-refractivity contribution >= 4 is 11.6 Å².